The molecule has 2 aromatic rings. The molecule has 2 aromatic carbocycles. The van der Waals surface area contributed by atoms with Gasteiger partial charge >= 0.3 is 0 Å². The zero-order valence-electron chi connectivity index (χ0n) is 17.2. The average Bonchev–Trinajstić information content (AvgIpc) is 3.24. The highest BCUT2D eigenvalue weighted by molar-refractivity contribution is 6.35. The van der Waals surface area contributed by atoms with Gasteiger partial charge < -0.3 is 15.0 Å². The lowest BCUT2D eigenvalue weighted by Gasteiger charge is -2.30. The molecular formula is C23H25Cl3N2O3. The first kappa shape index (κ1) is 23.7. The standard InChI is InChI=1S/C23H25Cl3N2O3/c1-15(23(30)27-19-6-2-3-7-19)28(13-16-9-10-18(25)12-21(16)26)22(29)14-31-20-8-4-5-17(24)11-20/h4-5,8-12,15,19H,2-3,6-7,13-14H2,1H3,(H,27,30)/t15-/m1/s1. The van der Waals surface area contributed by atoms with Crippen molar-refractivity contribution in [2.24, 2.45) is 0 Å². The Bertz CT molecular complexity index is 932. The number of hydrogen-bond acceptors (Lipinski definition) is 3. The van der Waals surface area contributed by atoms with Crippen LogP contribution in [-0.4, -0.2) is 35.4 Å². The Labute approximate surface area is 197 Å². The molecule has 5 nitrogen and oxygen atoms in total. The summed E-state index contributed by atoms with van der Waals surface area (Å²) < 4.78 is 5.62. The number of rotatable bonds is 8. The highest BCUT2D eigenvalue weighted by Gasteiger charge is 2.29. The maximum atomic E-state index is 13.1. The maximum absolute atomic E-state index is 13.1. The van der Waals surface area contributed by atoms with Crippen molar-refractivity contribution in [1.82, 2.24) is 10.2 Å². The van der Waals surface area contributed by atoms with Gasteiger partial charge in [-0.3, -0.25) is 9.59 Å². The average molecular weight is 484 g/mol. The fourth-order valence-corrected chi connectivity index (χ4v) is 4.24. The third kappa shape index (κ3) is 6.76. The van der Waals surface area contributed by atoms with E-state index in [2.05, 4.69) is 5.32 Å². The molecule has 0 bridgehead atoms. The fourth-order valence-electron chi connectivity index (χ4n) is 3.59. The molecule has 0 radical (unpaired) electrons. The number of nitrogens with zero attached hydrogens (tertiary/aromatic N) is 1. The number of halogens is 3. The van der Waals surface area contributed by atoms with Crippen LogP contribution in [0.4, 0.5) is 0 Å². The molecule has 1 saturated carbocycles. The summed E-state index contributed by atoms with van der Waals surface area (Å²) in [5.41, 5.74) is 0.697. The van der Waals surface area contributed by atoms with Crippen molar-refractivity contribution in [3.8, 4) is 5.75 Å². The van der Waals surface area contributed by atoms with Crippen molar-refractivity contribution in [2.75, 3.05) is 6.61 Å². The highest BCUT2D eigenvalue weighted by atomic mass is 35.5. The largest absolute Gasteiger partial charge is 0.484 e. The van der Waals surface area contributed by atoms with Gasteiger partial charge in [-0.1, -0.05) is 59.8 Å². The van der Waals surface area contributed by atoms with E-state index in [1.54, 1.807) is 49.4 Å². The lowest BCUT2D eigenvalue weighted by atomic mass is 10.1. The number of hydrogen-bond donors (Lipinski definition) is 1. The second-order valence-electron chi connectivity index (χ2n) is 7.67. The Morgan fingerprint density at radius 1 is 1.10 bits per heavy atom. The second kappa shape index (κ2) is 11.1. The van der Waals surface area contributed by atoms with Crippen molar-refractivity contribution in [1.29, 1.82) is 0 Å². The first-order chi connectivity index (χ1) is 14.8. The number of amides is 2. The summed E-state index contributed by atoms with van der Waals surface area (Å²) in [5, 5.41) is 4.51. The van der Waals surface area contributed by atoms with E-state index in [1.165, 1.54) is 4.90 Å². The molecule has 0 aliphatic heterocycles. The van der Waals surface area contributed by atoms with Crippen LogP contribution in [0.3, 0.4) is 0 Å². The molecule has 1 N–H and O–H groups in total. The van der Waals surface area contributed by atoms with E-state index in [1.807, 2.05) is 0 Å². The third-order valence-corrected chi connectivity index (χ3v) is 6.21. The topological polar surface area (TPSA) is 58.6 Å². The molecule has 0 saturated heterocycles. The van der Waals surface area contributed by atoms with Crippen LogP contribution in [0.25, 0.3) is 0 Å². The Hall–Kier alpha value is -1.95. The van der Waals surface area contributed by atoms with Crippen LogP contribution in [0.2, 0.25) is 15.1 Å². The van der Waals surface area contributed by atoms with Gasteiger partial charge in [0.25, 0.3) is 5.91 Å². The number of carbonyl (C=O) groups is 2. The zero-order chi connectivity index (χ0) is 22.4. The molecule has 1 aliphatic carbocycles. The lowest BCUT2D eigenvalue weighted by molar-refractivity contribution is -0.142. The van der Waals surface area contributed by atoms with E-state index in [9.17, 15) is 9.59 Å². The molecule has 0 aromatic heterocycles. The Morgan fingerprint density at radius 3 is 2.48 bits per heavy atom. The quantitative estimate of drug-likeness (QED) is 0.539. The minimum absolute atomic E-state index is 0.160. The summed E-state index contributed by atoms with van der Waals surface area (Å²) in [6.07, 6.45) is 4.15. The van der Waals surface area contributed by atoms with Crippen LogP contribution in [0.15, 0.2) is 42.5 Å². The smallest absolute Gasteiger partial charge is 0.261 e. The van der Waals surface area contributed by atoms with Gasteiger partial charge in [0, 0.05) is 27.7 Å². The van der Waals surface area contributed by atoms with E-state index >= 15 is 0 Å². The SMILES string of the molecule is C[C@H](C(=O)NC1CCCC1)N(Cc1ccc(Cl)cc1Cl)C(=O)COc1cccc(Cl)c1. The summed E-state index contributed by atoms with van der Waals surface area (Å²) in [6, 6.07) is 11.4. The van der Waals surface area contributed by atoms with Crippen LogP contribution in [0, 0.1) is 0 Å². The van der Waals surface area contributed by atoms with Crippen LogP contribution < -0.4 is 10.1 Å². The molecule has 1 atom stereocenters. The summed E-state index contributed by atoms with van der Waals surface area (Å²) in [6.45, 7) is 1.64. The van der Waals surface area contributed by atoms with Gasteiger partial charge in [0.15, 0.2) is 6.61 Å². The molecular weight excluding hydrogens is 459 g/mol. The molecule has 0 spiro atoms. The summed E-state index contributed by atoms with van der Waals surface area (Å²) in [5.74, 6) is -0.0402. The molecule has 166 valence electrons. The van der Waals surface area contributed by atoms with Gasteiger partial charge in [0.1, 0.15) is 11.8 Å². The van der Waals surface area contributed by atoms with Gasteiger partial charge in [0.2, 0.25) is 5.91 Å². The zero-order valence-corrected chi connectivity index (χ0v) is 19.5. The summed E-state index contributed by atoms with van der Waals surface area (Å²) >= 11 is 18.3. The van der Waals surface area contributed by atoms with Crippen molar-refractivity contribution in [3.63, 3.8) is 0 Å². The first-order valence-electron chi connectivity index (χ1n) is 10.3. The first-order valence-corrected chi connectivity index (χ1v) is 11.4. The monoisotopic (exact) mass is 482 g/mol. The van der Waals surface area contributed by atoms with E-state index in [0.717, 1.165) is 25.7 Å². The van der Waals surface area contributed by atoms with Crippen molar-refractivity contribution < 1.29 is 14.3 Å². The van der Waals surface area contributed by atoms with Gasteiger partial charge in [-0.05, 0) is 55.7 Å². The van der Waals surface area contributed by atoms with Crippen LogP contribution in [0.5, 0.6) is 5.75 Å². The fraction of sp³-hybridized carbons (Fsp3) is 0.391. The summed E-state index contributed by atoms with van der Waals surface area (Å²) in [7, 11) is 0. The van der Waals surface area contributed by atoms with Crippen molar-refractivity contribution in [3.05, 3.63) is 63.1 Å². The Balaban J connectivity index is 1.74. The molecule has 31 heavy (non-hydrogen) atoms. The van der Waals surface area contributed by atoms with E-state index < -0.39 is 6.04 Å². The Kier molecular flexibility index (Phi) is 8.47. The minimum atomic E-state index is -0.692. The predicted molar refractivity (Wildman–Crippen MR) is 124 cm³/mol. The number of nitrogens with one attached hydrogen (secondary N) is 1. The van der Waals surface area contributed by atoms with Crippen molar-refractivity contribution >= 4 is 46.6 Å². The molecule has 3 rings (SSSR count). The second-order valence-corrected chi connectivity index (χ2v) is 8.95. The van der Waals surface area contributed by atoms with Gasteiger partial charge in [-0.2, -0.15) is 0 Å². The molecule has 1 aliphatic rings. The molecule has 1 fully saturated rings. The number of carbonyl (C=O) groups excluding carboxylic acids is 2. The van der Waals surface area contributed by atoms with E-state index in [4.69, 9.17) is 39.5 Å². The van der Waals surface area contributed by atoms with Crippen LogP contribution in [0.1, 0.15) is 38.2 Å². The van der Waals surface area contributed by atoms with Crippen molar-refractivity contribution in [2.45, 2.75) is 51.2 Å². The highest BCUT2D eigenvalue weighted by Crippen LogP contribution is 2.24. The van der Waals surface area contributed by atoms with E-state index in [-0.39, 0.29) is 31.0 Å². The van der Waals surface area contributed by atoms with Crippen LogP contribution >= 0.6 is 34.8 Å². The molecule has 8 heteroatoms. The van der Waals surface area contributed by atoms with Crippen LogP contribution in [-0.2, 0) is 16.1 Å². The minimum Gasteiger partial charge on any atom is -0.484 e. The maximum Gasteiger partial charge on any atom is 0.261 e. The lowest BCUT2D eigenvalue weighted by Crippen LogP contribution is -2.50. The molecule has 0 heterocycles. The molecule has 2 amide bonds. The van der Waals surface area contributed by atoms with Gasteiger partial charge in [-0.25, -0.2) is 0 Å². The van der Waals surface area contributed by atoms with Gasteiger partial charge in [0.05, 0.1) is 0 Å². The number of ether oxygens (including phenoxy) is 1. The number of benzene rings is 2. The van der Waals surface area contributed by atoms with E-state index in [0.29, 0.717) is 26.4 Å². The Morgan fingerprint density at radius 2 is 1.81 bits per heavy atom. The third-order valence-electron chi connectivity index (χ3n) is 5.38. The summed E-state index contributed by atoms with van der Waals surface area (Å²) in [4.78, 5) is 27.4. The normalized spacial score (nSPS) is 14.8. The molecule has 0 unspecified atom stereocenters. The van der Waals surface area contributed by atoms with Gasteiger partial charge in [-0.15, -0.1) is 0 Å². The predicted octanol–water partition coefficient (Wildman–Crippen LogP) is 5.50.